The minimum absolute atomic E-state index is 0.403. The first-order chi connectivity index (χ1) is 18.1. The molecule has 37 heavy (non-hydrogen) atoms. The summed E-state index contributed by atoms with van der Waals surface area (Å²) < 4.78 is 10.3. The van der Waals surface area contributed by atoms with Crippen molar-refractivity contribution in [2.75, 3.05) is 7.11 Å². The van der Waals surface area contributed by atoms with Crippen molar-refractivity contribution in [1.82, 2.24) is 9.97 Å². The quantitative estimate of drug-likeness (QED) is 0.146. The van der Waals surface area contributed by atoms with E-state index in [0.717, 1.165) is 28.9 Å². The van der Waals surface area contributed by atoms with Crippen molar-refractivity contribution in [2.24, 2.45) is 0 Å². The van der Waals surface area contributed by atoms with E-state index in [1.54, 1.807) is 6.92 Å². The lowest BCUT2D eigenvalue weighted by atomic mass is 10.0. The zero-order valence-corrected chi connectivity index (χ0v) is 22.7. The first-order valence-corrected chi connectivity index (χ1v) is 13.9. The maximum absolute atomic E-state index is 11.5. The first kappa shape index (κ1) is 28.4. The Kier molecular flexibility index (Phi) is 12.1. The van der Waals surface area contributed by atoms with Crippen LogP contribution in [-0.2, 0) is 16.0 Å². The topological polar surface area (TPSA) is 61.3 Å². The molecule has 0 saturated carbocycles. The summed E-state index contributed by atoms with van der Waals surface area (Å²) in [5.41, 5.74) is 4.31. The molecule has 0 N–H and O–H groups in total. The van der Waals surface area contributed by atoms with Gasteiger partial charge in [0.1, 0.15) is 5.75 Å². The summed E-state index contributed by atoms with van der Waals surface area (Å²) in [5, 5.41) is 0. The number of benzene rings is 2. The molecule has 5 heteroatoms. The third kappa shape index (κ3) is 9.64. The molecule has 1 unspecified atom stereocenters. The number of hydrogen-bond acceptors (Lipinski definition) is 5. The molecule has 198 valence electrons. The zero-order valence-electron chi connectivity index (χ0n) is 22.7. The van der Waals surface area contributed by atoms with E-state index in [1.165, 1.54) is 76.9 Å². The molecule has 3 rings (SSSR count). The van der Waals surface area contributed by atoms with Gasteiger partial charge >= 0.3 is 5.97 Å². The lowest BCUT2D eigenvalue weighted by molar-refractivity contribution is -0.147. The van der Waals surface area contributed by atoms with Crippen LogP contribution in [0.5, 0.6) is 5.75 Å². The molecular formula is C32H42N2O3. The van der Waals surface area contributed by atoms with Gasteiger partial charge in [-0.25, -0.2) is 14.8 Å². The first-order valence-electron chi connectivity index (χ1n) is 13.9. The van der Waals surface area contributed by atoms with E-state index < -0.39 is 12.1 Å². The largest absolute Gasteiger partial charge is 0.479 e. The fraction of sp³-hybridized carbons (Fsp3) is 0.469. The van der Waals surface area contributed by atoms with Gasteiger partial charge in [0.15, 0.2) is 11.9 Å². The molecule has 0 aliphatic carbocycles. The van der Waals surface area contributed by atoms with Crippen molar-refractivity contribution in [3.05, 3.63) is 66.5 Å². The van der Waals surface area contributed by atoms with Crippen LogP contribution in [0.25, 0.3) is 22.5 Å². The minimum Gasteiger partial charge on any atom is -0.479 e. The summed E-state index contributed by atoms with van der Waals surface area (Å²) in [6.45, 7) is 3.94. The standard InChI is InChI=1S/C32H42N2O3/c1-4-5-6-7-8-9-10-11-12-13-14-26-15-17-28(18-16-26)31-33-23-29(24-34-31)27-19-21-30(22-20-27)37-25(2)32(35)36-3/h15-25H,4-14H2,1-3H3. The van der Waals surface area contributed by atoms with E-state index >= 15 is 0 Å². The second-order valence-corrected chi connectivity index (χ2v) is 9.73. The van der Waals surface area contributed by atoms with Crippen molar-refractivity contribution >= 4 is 5.97 Å². The molecule has 0 bridgehead atoms. The monoisotopic (exact) mass is 502 g/mol. The average molecular weight is 503 g/mol. The Hall–Kier alpha value is -3.21. The number of aromatic nitrogens is 2. The van der Waals surface area contributed by atoms with Crippen LogP contribution < -0.4 is 4.74 Å². The SMILES string of the molecule is CCCCCCCCCCCCc1ccc(-c2ncc(-c3ccc(OC(C)C(=O)OC)cc3)cn2)cc1. The predicted molar refractivity (Wildman–Crippen MR) is 151 cm³/mol. The number of carbonyl (C=O) groups excluding carboxylic acids is 1. The van der Waals surface area contributed by atoms with Gasteiger partial charge in [0.25, 0.3) is 0 Å². The summed E-state index contributed by atoms with van der Waals surface area (Å²) in [5.74, 6) is 0.929. The normalized spacial score (nSPS) is 11.8. The van der Waals surface area contributed by atoms with Crippen LogP contribution in [0.4, 0.5) is 0 Å². The van der Waals surface area contributed by atoms with Gasteiger partial charge in [0.05, 0.1) is 7.11 Å². The van der Waals surface area contributed by atoms with Gasteiger partial charge in [-0.3, -0.25) is 0 Å². The number of unbranched alkanes of at least 4 members (excludes halogenated alkanes) is 9. The van der Waals surface area contributed by atoms with Gasteiger partial charge in [-0.2, -0.15) is 0 Å². The van der Waals surface area contributed by atoms with E-state index in [1.807, 2.05) is 36.7 Å². The highest BCUT2D eigenvalue weighted by Gasteiger charge is 2.14. The minimum atomic E-state index is -0.653. The summed E-state index contributed by atoms with van der Waals surface area (Å²) in [6, 6.07) is 16.2. The smallest absolute Gasteiger partial charge is 0.346 e. The molecule has 0 amide bonds. The lowest BCUT2D eigenvalue weighted by Crippen LogP contribution is -2.24. The molecule has 3 aromatic rings. The number of nitrogens with zero attached hydrogens (tertiary/aromatic N) is 2. The highest BCUT2D eigenvalue weighted by molar-refractivity contribution is 5.74. The van der Waals surface area contributed by atoms with Crippen LogP contribution in [0.2, 0.25) is 0 Å². The maximum atomic E-state index is 11.5. The molecule has 0 radical (unpaired) electrons. The highest BCUT2D eigenvalue weighted by atomic mass is 16.6. The fourth-order valence-electron chi connectivity index (χ4n) is 4.41. The van der Waals surface area contributed by atoms with Crippen molar-refractivity contribution in [1.29, 1.82) is 0 Å². The van der Waals surface area contributed by atoms with Gasteiger partial charge in [-0.05, 0) is 43.0 Å². The number of rotatable bonds is 16. The molecule has 5 nitrogen and oxygen atoms in total. The van der Waals surface area contributed by atoms with Crippen LogP contribution >= 0.6 is 0 Å². The summed E-state index contributed by atoms with van der Waals surface area (Å²) in [7, 11) is 1.35. The number of carbonyl (C=O) groups is 1. The summed E-state index contributed by atoms with van der Waals surface area (Å²) in [6.07, 6.45) is 17.8. The van der Waals surface area contributed by atoms with E-state index in [4.69, 9.17) is 9.47 Å². The maximum Gasteiger partial charge on any atom is 0.346 e. The molecule has 0 aliphatic heterocycles. The molecule has 0 fully saturated rings. The van der Waals surface area contributed by atoms with Gasteiger partial charge in [-0.1, -0.05) is 101 Å². The average Bonchev–Trinajstić information content (AvgIpc) is 2.94. The van der Waals surface area contributed by atoms with Crippen LogP contribution in [0.1, 0.15) is 83.6 Å². The number of methoxy groups -OCH3 is 1. The molecule has 1 atom stereocenters. The third-order valence-electron chi connectivity index (χ3n) is 6.72. The van der Waals surface area contributed by atoms with E-state index in [2.05, 4.69) is 41.2 Å². The fourth-order valence-corrected chi connectivity index (χ4v) is 4.41. The molecule has 2 aromatic carbocycles. The number of hydrogen-bond donors (Lipinski definition) is 0. The Morgan fingerprint density at radius 1 is 0.730 bits per heavy atom. The van der Waals surface area contributed by atoms with Crippen LogP contribution in [0.3, 0.4) is 0 Å². The van der Waals surface area contributed by atoms with Crippen LogP contribution in [-0.4, -0.2) is 29.2 Å². The summed E-state index contributed by atoms with van der Waals surface area (Å²) >= 11 is 0. The Balaban J connectivity index is 1.42. The summed E-state index contributed by atoms with van der Waals surface area (Å²) in [4.78, 5) is 20.7. The van der Waals surface area contributed by atoms with E-state index in [0.29, 0.717) is 5.75 Å². The molecule has 1 aromatic heterocycles. The Morgan fingerprint density at radius 3 is 1.84 bits per heavy atom. The molecule has 0 spiro atoms. The number of esters is 1. The van der Waals surface area contributed by atoms with Crippen molar-refractivity contribution in [2.45, 2.75) is 90.6 Å². The van der Waals surface area contributed by atoms with Crippen molar-refractivity contribution < 1.29 is 14.3 Å². The molecule has 1 heterocycles. The zero-order chi connectivity index (χ0) is 26.3. The van der Waals surface area contributed by atoms with Gasteiger partial charge < -0.3 is 9.47 Å². The van der Waals surface area contributed by atoms with Gasteiger partial charge in [0.2, 0.25) is 0 Å². The van der Waals surface area contributed by atoms with E-state index in [-0.39, 0.29) is 0 Å². The predicted octanol–water partition coefficient (Wildman–Crippen LogP) is 8.21. The van der Waals surface area contributed by atoms with Crippen molar-refractivity contribution in [3.63, 3.8) is 0 Å². The highest BCUT2D eigenvalue weighted by Crippen LogP contribution is 2.24. The number of aryl methyl sites for hydroxylation is 1. The van der Waals surface area contributed by atoms with Gasteiger partial charge in [0, 0.05) is 23.5 Å². The van der Waals surface area contributed by atoms with Crippen molar-refractivity contribution in [3.8, 4) is 28.3 Å². The molecule has 0 saturated heterocycles. The Morgan fingerprint density at radius 2 is 1.27 bits per heavy atom. The molecule has 0 aliphatic rings. The van der Waals surface area contributed by atoms with Crippen LogP contribution in [0, 0.1) is 0 Å². The Labute approximate surface area is 222 Å². The van der Waals surface area contributed by atoms with E-state index in [9.17, 15) is 4.79 Å². The third-order valence-corrected chi connectivity index (χ3v) is 6.72. The second kappa shape index (κ2) is 15.8. The Bertz CT molecular complexity index is 1050. The van der Waals surface area contributed by atoms with Gasteiger partial charge in [-0.15, -0.1) is 0 Å². The molecular weight excluding hydrogens is 460 g/mol. The van der Waals surface area contributed by atoms with Crippen LogP contribution in [0.15, 0.2) is 60.9 Å². The lowest BCUT2D eigenvalue weighted by Gasteiger charge is -2.12. The number of ether oxygens (including phenoxy) is 2. The second-order valence-electron chi connectivity index (χ2n) is 9.73.